The Bertz CT molecular complexity index is 464. The van der Waals surface area contributed by atoms with Crippen molar-refractivity contribution in [3.63, 3.8) is 0 Å². The van der Waals surface area contributed by atoms with Crippen LogP contribution in [0, 0.1) is 0 Å². The Labute approximate surface area is 86.7 Å². The largest absolute Gasteiger partial charge is 0.465 e. The van der Waals surface area contributed by atoms with Crippen molar-refractivity contribution in [1.29, 1.82) is 0 Å². The van der Waals surface area contributed by atoms with Crippen LogP contribution in [0.5, 0.6) is 0 Å². The molecule has 0 saturated carbocycles. The summed E-state index contributed by atoms with van der Waals surface area (Å²) in [5.74, 6) is 0.127. The zero-order chi connectivity index (χ0) is 11.0. The number of esters is 1. The van der Waals surface area contributed by atoms with E-state index in [1.165, 1.54) is 13.3 Å². The van der Waals surface area contributed by atoms with Gasteiger partial charge < -0.3 is 4.74 Å². The molecule has 2 heterocycles. The van der Waals surface area contributed by atoms with E-state index in [0.29, 0.717) is 0 Å². The summed E-state index contributed by atoms with van der Waals surface area (Å²) in [5.41, 5.74) is -0.285. The summed E-state index contributed by atoms with van der Waals surface area (Å²) in [6, 6.07) is 0.115. The summed E-state index contributed by atoms with van der Waals surface area (Å²) in [6.45, 7) is 1.95. The number of aryl methyl sites for hydroxylation is 1. The normalized spacial score (nSPS) is 18.7. The first-order chi connectivity index (χ1) is 7.15. The Hall–Kier alpha value is -1.65. The average molecular weight is 208 g/mol. The molecule has 1 atom stereocenters. The van der Waals surface area contributed by atoms with Gasteiger partial charge in [0.25, 0.3) is 5.56 Å². The van der Waals surface area contributed by atoms with Crippen LogP contribution >= 0.6 is 0 Å². The molecule has 0 N–H and O–H groups in total. The molecule has 2 rings (SSSR count). The van der Waals surface area contributed by atoms with Gasteiger partial charge in [-0.3, -0.25) is 9.36 Å². The number of carbonyl (C=O) groups excluding carboxylic acids is 1. The van der Waals surface area contributed by atoms with Crippen molar-refractivity contribution in [2.45, 2.75) is 25.8 Å². The second-order valence-corrected chi connectivity index (χ2v) is 3.64. The van der Waals surface area contributed by atoms with Crippen molar-refractivity contribution in [2.24, 2.45) is 0 Å². The zero-order valence-electron chi connectivity index (χ0n) is 8.69. The van der Waals surface area contributed by atoms with Gasteiger partial charge in [-0.05, 0) is 13.3 Å². The van der Waals surface area contributed by atoms with E-state index in [1.807, 2.05) is 6.92 Å². The standard InChI is InChI=1S/C10H12N2O3/c1-6-3-4-8-11-5-7(10(14)15-2)9(13)12(6)8/h5-6H,3-4H2,1-2H3. The molecule has 5 heteroatoms. The van der Waals surface area contributed by atoms with Crippen LogP contribution in [0.4, 0.5) is 0 Å². The summed E-state index contributed by atoms with van der Waals surface area (Å²) < 4.78 is 6.10. The first kappa shape index (κ1) is 9.89. The lowest BCUT2D eigenvalue weighted by molar-refractivity contribution is 0.0597. The lowest BCUT2D eigenvalue weighted by Crippen LogP contribution is -2.29. The van der Waals surface area contributed by atoms with E-state index >= 15 is 0 Å². The van der Waals surface area contributed by atoms with Gasteiger partial charge >= 0.3 is 5.97 Å². The lowest BCUT2D eigenvalue weighted by Gasteiger charge is -2.08. The molecule has 1 unspecified atom stereocenters. The van der Waals surface area contributed by atoms with Gasteiger partial charge in [-0.1, -0.05) is 0 Å². The molecular weight excluding hydrogens is 196 g/mol. The van der Waals surface area contributed by atoms with Crippen LogP contribution in [0.25, 0.3) is 0 Å². The predicted octanol–water partition coefficient (Wildman–Crippen LogP) is 0.537. The number of rotatable bonds is 1. The molecule has 0 aliphatic carbocycles. The first-order valence-corrected chi connectivity index (χ1v) is 4.84. The van der Waals surface area contributed by atoms with Gasteiger partial charge in [0.2, 0.25) is 0 Å². The highest BCUT2D eigenvalue weighted by molar-refractivity contribution is 5.88. The highest BCUT2D eigenvalue weighted by atomic mass is 16.5. The quantitative estimate of drug-likeness (QED) is 0.632. The van der Waals surface area contributed by atoms with Crippen LogP contribution in [-0.2, 0) is 11.2 Å². The van der Waals surface area contributed by atoms with E-state index in [1.54, 1.807) is 4.57 Å². The van der Waals surface area contributed by atoms with Crippen LogP contribution in [0.2, 0.25) is 0 Å². The summed E-state index contributed by atoms with van der Waals surface area (Å²) in [7, 11) is 1.25. The highest BCUT2D eigenvalue weighted by Gasteiger charge is 2.24. The fourth-order valence-electron chi connectivity index (χ4n) is 1.86. The molecule has 1 aliphatic rings. The average Bonchev–Trinajstić information content (AvgIpc) is 2.61. The number of nitrogens with zero attached hydrogens (tertiary/aromatic N) is 2. The predicted molar refractivity (Wildman–Crippen MR) is 52.9 cm³/mol. The Morgan fingerprint density at radius 3 is 3.07 bits per heavy atom. The van der Waals surface area contributed by atoms with Gasteiger partial charge in [-0.2, -0.15) is 0 Å². The molecule has 0 saturated heterocycles. The van der Waals surface area contributed by atoms with Gasteiger partial charge in [-0.25, -0.2) is 9.78 Å². The Balaban J connectivity index is 2.59. The lowest BCUT2D eigenvalue weighted by atomic mass is 10.2. The van der Waals surface area contributed by atoms with Crippen molar-refractivity contribution in [1.82, 2.24) is 9.55 Å². The highest BCUT2D eigenvalue weighted by Crippen LogP contribution is 2.20. The summed E-state index contributed by atoms with van der Waals surface area (Å²) in [5, 5.41) is 0. The monoisotopic (exact) mass is 208 g/mol. The molecule has 0 radical (unpaired) electrons. The third kappa shape index (κ3) is 1.44. The Morgan fingerprint density at radius 1 is 1.67 bits per heavy atom. The van der Waals surface area contributed by atoms with Crippen LogP contribution in [0.15, 0.2) is 11.0 Å². The second-order valence-electron chi connectivity index (χ2n) is 3.64. The number of ether oxygens (including phenoxy) is 1. The molecule has 1 aromatic heterocycles. The maximum absolute atomic E-state index is 11.9. The molecule has 0 amide bonds. The van der Waals surface area contributed by atoms with E-state index in [2.05, 4.69) is 9.72 Å². The molecule has 15 heavy (non-hydrogen) atoms. The Morgan fingerprint density at radius 2 is 2.40 bits per heavy atom. The molecular formula is C10H12N2O3. The summed E-state index contributed by atoms with van der Waals surface area (Å²) in [6.07, 6.45) is 2.99. The van der Waals surface area contributed by atoms with Gasteiger partial charge in [0, 0.05) is 18.7 Å². The third-order valence-electron chi connectivity index (χ3n) is 2.70. The van der Waals surface area contributed by atoms with Crippen molar-refractivity contribution >= 4 is 5.97 Å². The number of carbonyl (C=O) groups is 1. The first-order valence-electron chi connectivity index (χ1n) is 4.84. The third-order valence-corrected chi connectivity index (χ3v) is 2.70. The van der Waals surface area contributed by atoms with Crippen molar-refractivity contribution in [3.05, 3.63) is 27.9 Å². The second kappa shape index (κ2) is 3.49. The Kier molecular flexibility index (Phi) is 2.30. The summed E-state index contributed by atoms with van der Waals surface area (Å²) >= 11 is 0. The number of aromatic nitrogens is 2. The van der Waals surface area contributed by atoms with Crippen molar-refractivity contribution in [3.8, 4) is 0 Å². The minimum atomic E-state index is -0.623. The van der Waals surface area contributed by atoms with Gasteiger partial charge in [0.1, 0.15) is 11.4 Å². The van der Waals surface area contributed by atoms with Crippen LogP contribution in [0.3, 0.4) is 0 Å². The minimum Gasteiger partial charge on any atom is -0.465 e. The van der Waals surface area contributed by atoms with Gasteiger partial charge in [-0.15, -0.1) is 0 Å². The van der Waals surface area contributed by atoms with E-state index in [-0.39, 0.29) is 17.2 Å². The van der Waals surface area contributed by atoms with Crippen molar-refractivity contribution in [2.75, 3.05) is 7.11 Å². The number of hydrogen-bond acceptors (Lipinski definition) is 4. The SMILES string of the molecule is COC(=O)c1cnc2n(c1=O)C(C)CC2. The van der Waals surface area contributed by atoms with Crippen LogP contribution in [-0.4, -0.2) is 22.6 Å². The molecule has 0 bridgehead atoms. The van der Waals surface area contributed by atoms with Crippen LogP contribution < -0.4 is 5.56 Å². The van der Waals surface area contributed by atoms with E-state index in [4.69, 9.17) is 0 Å². The maximum Gasteiger partial charge on any atom is 0.345 e. The fraction of sp³-hybridized carbons (Fsp3) is 0.500. The van der Waals surface area contributed by atoms with Gasteiger partial charge in [0.05, 0.1) is 7.11 Å². The molecule has 0 aromatic carbocycles. The smallest absolute Gasteiger partial charge is 0.345 e. The molecule has 1 aromatic rings. The molecule has 5 nitrogen and oxygen atoms in total. The van der Waals surface area contributed by atoms with E-state index in [0.717, 1.165) is 18.7 Å². The molecule has 80 valence electrons. The molecule has 0 fully saturated rings. The van der Waals surface area contributed by atoms with E-state index < -0.39 is 5.97 Å². The van der Waals surface area contributed by atoms with Gasteiger partial charge in [0.15, 0.2) is 0 Å². The minimum absolute atomic E-state index is 0.00926. The fourth-order valence-corrected chi connectivity index (χ4v) is 1.86. The maximum atomic E-state index is 11.9. The summed E-state index contributed by atoms with van der Waals surface area (Å²) in [4.78, 5) is 27.3. The number of fused-ring (bicyclic) bond motifs is 1. The molecule has 0 spiro atoms. The number of methoxy groups -OCH3 is 1. The molecule has 1 aliphatic heterocycles. The zero-order valence-corrected chi connectivity index (χ0v) is 8.69. The van der Waals surface area contributed by atoms with Crippen molar-refractivity contribution < 1.29 is 9.53 Å². The van der Waals surface area contributed by atoms with Crippen LogP contribution in [0.1, 0.15) is 35.6 Å². The number of hydrogen-bond donors (Lipinski definition) is 0. The topological polar surface area (TPSA) is 61.2 Å². The van der Waals surface area contributed by atoms with E-state index in [9.17, 15) is 9.59 Å².